The highest BCUT2D eigenvalue weighted by Crippen LogP contribution is 2.40. The van der Waals surface area contributed by atoms with Gasteiger partial charge in [0.2, 0.25) is 17.7 Å². The minimum Gasteiger partial charge on any atom is -0.481 e. The number of anilines is 1. The molecule has 0 N–H and O–H groups in total. The predicted molar refractivity (Wildman–Crippen MR) is 82.4 cm³/mol. The lowest BCUT2D eigenvalue weighted by atomic mass is 10.1. The second-order valence-electron chi connectivity index (χ2n) is 5.38. The van der Waals surface area contributed by atoms with Gasteiger partial charge in [0.05, 0.1) is 31.5 Å². The Hall–Kier alpha value is -2.31. The summed E-state index contributed by atoms with van der Waals surface area (Å²) in [7, 11) is 5.19. The maximum atomic E-state index is 5.55. The average Bonchev–Trinajstić information content (AvgIpc) is 3.10. The van der Waals surface area contributed by atoms with Crippen LogP contribution in [0.3, 0.4) is 0 Å². The zero-order valence-corrected chi connectivity index (χ0v) is 13.4. The maximum absolute atomic E-state index is 5.55. The van der Waals surface area contributed by atoms with Crippen LogP contribution in [0.15, 0.2) is 12.3 Å². The van der Waals surface area contributed by atoms with Crippen molar-refractivity contribution < 1.29 is 9.47 Å². The highest BCUT2D eigenvalue weighted by molar-refractivity contribution is 5.44. The largest absolute Gasteiger partial charge is 0.481 e. The van der Waals surface area contributed by atoms with Crippen molar-refractivity contribution in [1.29, 1.82) is 0 Å². The minimum atomic E-state index is 0.177. The monoisotopic (exact) mass is 303 g/mol. The fourth-order valence-corrected chi connectivity index (χ4v) is 3.17. The lowest BCUT2D eigenvalue weighted by Crippen LogP contribution is -2.25. The minimum absolute atomic E-state index is 0.177. The van der Waals surface area contributed by atoms with Crippen molar-refractivity contribution in [3.63, 3.8) is 0 Å². The van der Waals surface area contributed by atoms with E-state index in [9.17, 15) is 0 Å². The molecule has 2 aromatic rings. The lowest BCUT2D eigenvalue weighted by molar-refractivity contribution is 0.366. The Morgan fingerprint density at radius 2 is 2.09 bits per heavy atom. The van der Waals surface area contributed by atoms with Gasteiger partial charge in [0.1, 0.15) is 0 Å². The first-order valence-electron chi connectivity index (χ1n) is 7.37. The van der Waals surface area contributed by atoms with Gasteiger partial charge in [-0.25, -0.2) is 9.67 Å². The summed E-state index contributed by atoms with van der Waals surface area (Å²) in [6, 6.07) is 1.93. The van der Waals surface area contributed by atoms with Crippen molar-refractivity contribution >= 4 is 5.95 Å². The number of aryl methyl sites for hydroxylation is 2. The van der Waals surface area contributed by atoms with E-state index in [0.717, 1.165) is 36.5 Å². The maximum Gasteiger partial charge on any atom is 0.229 e. The second kappa shape index (κ2) is 5.82. The van der Waals surface area contributed by atoms with Gasteiger partial charge in [0.15, 0.2) is 0 Å². The van der Waals surface area contributed by atoms with Crippen LogP contribution in [0, 0.1) is 6.92 Å². The number of ether oxygens (including phenoxy) is 2. The van der Waals surface area contributed by atoms with Gasteiger partial charge in [-0.1, -0.05) is 0 Å². The van der Waals surface area contributed by atoms with E-state index in [1.54, 1.807) is 31.2 Å². The zero-order valence-electron chi connectivity index (χ0n) is 13.4. The summed E-state index contributed by atoms with van der Waals surface area (Å²) in [5.41, 5.74) is 2.10. The van der Waals surface area contributed by atoms with Gasteiger partial charge >= 0.3 is 0 Å². The summed E-state index contributed by atoms with van der Waals surface area (Å²) in [6.07, 6.45) is 3.84. The Labute approximate surface area is 129 Å². The molecule has 7 heteroatoms. The normalized spacial score (nSPS) is 17.8. The van der Waals surface area contributed by atoms with E-state index in [0.29, 0.717) is 11.8 Å². The van der Waals surface area contributed by atoms with Gasteiger partial charge in [-0.2, -0.15) is 10.1 Å². The molecule has 22 heavy (non-hydrogen) atoms. The van der Waals surface area contributed by atoms with Gasteiger partial charge in [-0.05, 0) is 19.8 Å². The van der Waals surface area contributed by atoms with Crippen molar-refractivity contribution in [3.8, 4) is 11.8 Å². The van der Waals surface area contributed by atoms with Crippen LogP contribution in [0.1, 0.15) is 30.1 Å². The Kier molecular flexibility index (Phi) is 3.87. The number of aromatic nitrogens is 4. The van der Waals surface area contributed by atoms with Gasteiger partial charge < -0.3 is 14.4 Å². The molecule has 0 amide bonds. The van der Waals surface area contributed by atoms with E-state index < -0.39 is 0 Å². The van der Waals surface area contributed by atoms with Gasteiger partial charge in [-0.3, -0.25) is 0 Å². The van der Waals surface area contributed by atoms with E-state index in [4.69, 9.17) is 9.47 Å². The highest BCUT2D eigenvalue weighted by Gasteiger charge is 2.33. The second-order valence-corrected chi connectivity index (χ2v) is 5.38. The van der Waals surface area contributed by atoms with E-state index >= 15 is 0 Å². The van der Waals surface area contributed by atoms with E-state index in [1.807, 2.05) is 14.0 Å². The van der Waals surface area contributed by atoms with Gasteiger partial charge in [0, 0.05) is 25.9 Å². The molecule has 0 bridgehead atoms. The number of methoxy groups -OCH3 is 2. The molecule has 0 radical (unpaired) electrons. The van der Waals surface area contributed by atoms with Crippen LogP contribution in [-0.4, -0.2) is 40.5 Å². The van der Waals surface area contributed by atoms with Crippen LogP contribution < -0.4 is 14.4 Å². The molecule has 3 heterocycles. The van der Waals surface area contributed by atoms with E-state index in [2.05, 4.69) is 20.0 Å². The molecular weight excluding hydrogens is 282 g/mol. The first kappa shape index (κ1) is 14.6. The number of nitrogens with zero attached hydrogens (tertiary/aromatic N) is 5. The van der Waals surface area contributed by atoms with Crippen LogP contribution in [0.25, 0.3) is 0 Å². The molecule has 0 spiro atoms. The van der Waals surface area contributed by atoms with E-state index in [-0.39, 0.29) is 6.04 Å². The van der Waals surface area contributed by atoms with Crippen LogP contribution in [0.2, 0.25) is 0 Å². The number of hydrogen-bond acceptors (Lipinski definition) is 6. The molecule has 0 saturated carbocycles. The predicted octanol–water partition coefficient (Wildman–Crippen LogP) is 1.88. The molecule has 0 aromatic carbocycles. The molecule has 1 saturated heterocycles. The highest BCUT2D eigenvalue weighted by atomic mass is 16.5. The molecule has 7 nitrogen and oxygen atoms in total. The summed E-state index contributed by atoms with van der Waals surface area (Å²) in [5.74, 6) is 2.06. The van der Waals surface area contributed by atoms with Gasteiger partial charge in [-0.15, -0.1) is 0 Å². The third-order valence-electron chi connectivity index (χ3n) is 4.08. The molecule has 2 aromatic heterocycles. The Morgan fingerprint density at radius 1 is 1.27 bits per heavy atom. The first-order chi connectivity index (χ1) is 10.7. The van der Waals surface area contributed by atoms with Crippen molar-refractivity contribution in [3.05, 3.63) is 23.5 Å². The summed E-state index contributed by atoms with van der Waals surface area (Å²) in [4.78, 5) is 11.1. The molecule has 1 atom stereocenters. The number of rotatable bonds is 4. The van der Waals surface area contributed by atoms with Crippen LogP contribution >= 0.6 is 0 Å². The fourth-order valence-electron chi connectivity index (χ4n) is 3.17. The van der Waals surface area contributed by atoms with Crippen LogP contribution in [0.5, 0.6) is 11.8 Å². The molecule has 0 unspecified atom stereocenters. The zero-order chi connectivity index (χ0) is 15.7. The smallest absolute Gasteiger partial charge is 0.229 e. The quantitative estimate of drug-likeness (QED) is 0.859. The number of hydrogen-bond donors (Lipinski definition) is 0. The fraction of sp³-hybridized carbons (Fsp3) is 0.533. The van der Waals surface area contributed by atoms with Crippen molar-refractivity contribution in [2.75, 3.05) is 25.7 Å². The first-order valence-corrected chi connectivity index (χ1v) is 7.37. The lowest BCUT2D eigenvalue weighted by Gasteiger charge is -2.25. The molecule has 118 valence electrons. The molecule has 1 aliphatic rings. The van der Waals surface area contributed by atoms with Crippen molar-refractivity contribution in [1.82, 2.24) is 19.7 Å². The summed E-state index contributed by atoms with van der Waals surface area (Å²) < 4.78 is 12.5. The summed E-state index contributed by atoms with van der Waals surface area (Å²) in [5, 5.41) is 4.49. The molecule has 1 fully saturated rings. The van der Waals surface area contributed by atoms with Crippen molar-refractivity contribution in [2.24, 2.45) is 7.05 Å². The van der Waals surface area contributed by atoms with Gasteiger partial charge in [0.25, 0.3) is 0 Å². The topological polar surface area (TPSA) is 65.3 Å². The Morgan fingerprint density at radius 3 is 2.82 bits per heavy atom. The molecule has 3 rings (SSSR count). The van der Waals surface area contributed by atoms with Crippen molar-refractivity contribution in [2.45, 2.75) is 25.8 Å². The van der Waals surface area contributed by atoms with Crippen LogP contribution in [0.4, 0.5) is 5.95 Å². The van der Waals surface area contributed by atoms with Crippen LogP contribution in [-0.2, 0) is 7.05 Å². The SMILES string of the molecule is COc1ccnc(N2CCC[C@H]2c2c(C)nn(C)c2OC)n1. The molecule has 0 aliphatic carbocycles. The average molecular weight is 303 g/mol. The Balaban J connectivity index is 2.00. The van der Waals surface area contributed by atoms with E-state index in [1.165, 1.54) is 0 Å². The summed E-state index contributed by atoms with van der Waals surface area (Å²) in [6.45, 7) is 2.93. The molecule has 1 aliphatic heterocycles. The standard InChI is InChI=1S/C15H21N5O2/c1-10-13(14(22-4)19(2)18-10)11-6-5-9-20(11)15-16-8-7-12(17-15)21-3/h7-8,11H,5-6,9H2,1-4H3/t11-/m0/s1. The third kappa shape index (κ3) is 2.36. The Bertz CT molecular complexity index is 670. The molecular formula is C15H21N5O2. The summed E-state index contributed by atoms with van der Waals surface area (Å²) >= 11 is 0. The third-order valence-corrected chi connectivity index (χ3v) is 4.08.